The second-order valence-corrected chi connectivity index (χ2v) is 10.4. The standard InChI is InChI=1S/C16H27N3O4S2/c1-4-12-19(14-8-10-17-11-9-14)25(22,23)16-7-5-6-15(13-16)24(20,21)18(2)3/h5-7,13-14,17H,4,8-12H2,1-3H3. The summed E-state index contributed by atoms with van der Waals surface area (Å²) in [5.74, 6) is 0. The molecule has 1 fully saturated rings. The van der Waals surface area contributed by atoms with Crippen molar-refractivity contribution < 1.29 is 16.8 Å². The highest BCUT2D eigenvalue weighted by atomic mass is 32.2. The first-order chi connectivity index (χ1) is 11.7. The SMILES string of the molecule is CCCN(C1CCNCC1)S(=O)(=O)c1cccc(S(=O)(=O)N(C)C)c1. The molecule has 1 aliphatic rings. The van der Waals surface area contributed by atoms with Crippen molar-refractivity contribution in [2.45, 2.75) is 42.0 Å². The Hall–Kier alpha value is -1.00. The van der Waals surface area contributed by atoms with E-state index < -0.39 is 20.0 Å². The second-order valence-electron chi connectivity index (χ2n) is 6.36. The fourth-order valence-corrected chi connectivity index (χ4v) is 5.80. The van der Waals surface area contributed by atoms with E-state index >= 15 is 0 Å². The Morgan fingerprint density at radius 3 is 2.12 bits per heavy atom. The van der Waals surface area contributed by atoms with E-state index in [9.17, 15) is 16.8 Å². The molecule has 0 saturated carbocycles. The number of sulfonamides is 2. The third-order valence-corrected chi connectivity index (χ3v) is 8.11. The smallest absolute Gasteiger partial charge is 0.243 e. The third-order valence-electron chi connectivity index (χ3n) is 4.35. The van der Waals surface area contributed by atoms with Crippen molar-refractivity contribution in [1.82, 2.24) is 13.9 Å². The van der Waals surface area contributed by atoms with Gasteiger partial charge >= 0.3 is 0 Å². The van der Waals surface area contributed by atoms with E-state index in [-0.39, 0.29) is 15.8 Å². The largest absolute Gasteiger partial charge is 0.317 e. The number of nitrogens with one attached hydrogen (secondary N) is 1. The molecule has 0 amide bonds. The lowest BCUT2D eigenvalue weighted by atomic mass is 10.1. The van der Waals surface area contributed by atoms with Crippen LogP contribution in [0.5, 0.6) is 0 Å². The number of hydrogen-bond donors (Lipinski definition) is 1. The molecule has 7 nitrogen and oxygen atoms in total. The summed E-state index contributed by atoms with van der Waals surface area (Å²) in [4.78, 5) is 0.0164. The normalized spacial score (nSPS) is 17.3. The zero-order valence-corrected chi connectivity index (χ0v) is 16.6. The van der Waals surface area contributed by atoms with Crippen molar-refractivity contribution in [3.63, 3.8) is 0 Å². The molecule has 0 aromatic heterocycles. The maximum atomic E-state index is 13.2. The van der Waals surface area contributed by atoms with Crippen LogP contribution in [-0.2, 0) is 20.0 Å². The topological polar surface area (TPSA) is 86.8 Å². The van der Waals surface area contributed by atoms with Crippen LogP contribution >= 0.6 is 0 Å². The first-order valence-electron chi connectivity index (χ1n) is 8.46. The average molecular weight is 390 g/mol. The van der Waals surface area contributed by atoms with Gasteiger partial charge in [0.2, 0.25) is 20.0 Å². The van der Waals surface area contributed by atoms with Crippen molar-refractivity contribution in [3.05, 3.63) is 24.3 Å². The van der Waals surface area contributed by atoms with Crippen LogP contribution in [0, 0.1) is 0 Å². The predicted octanol–water partition coefficient (Wildman–Crippen LogP) is 1.09. The first-order valence-corrected chi connectivity index (χ1v) is 11.3. The molecule has 0 aliphatic carbocycles. The van der Waals surface area contributed by atoms with Crippen LogP contribution < -0.4 is 5.32 Å². The van der Waals surface area contributed by atoms with Crippen molar-refractivity contribution in [1.29, 1.82) is 0 Å². The zero-order valence-electron chi connectivity index (χ0n) is 15.0. The fraction of sp³-hybridized carbons (Fsp3) is 0.625. The van der Waals surface area contributed by atoms with Crippen LogP contribution in [0.15, 0.2) is 34.1 Å². The first kappa shape index (κ1) is 20.3. The molecule has 1 aromatic rings. The third kappa shape index (κ3) is 4.40. The summed E-state index contributed by atoms with van der Waals surface area (Å²) < 4.78 is 53.6. The van der Waals surface area contributed by atoms with Crippen LogP contribution in [0.3, 0.4) is 0 Å². The van der Waals surface area contributed by atoms with Gasteiger partial charge in [-0.2, -0.15) is 4.31 Å². The Kier molecular flexibility index (Phi) is 6.61. The maximum absolute atomic E-state index is 13.2. The molecule has 0 atom stereocenters. The minimum atomic E-state index is -3.75. The van der Waals surface area contributed by atoms with Crippen molar-refractivity contribution in [2.75, 3.05) is 33.7 Å². The summed E-state index contributed by atoms with van der Waals surface area (Å²) in [5, 5.41) is 3.24. The van der Waals surface area contributed by atoms with Gasteiger partial charge in [0.1, 0.15) is 0 Å². The van der Waals surface area contributed by atoms with E-state index in [1.54, 1.807) is 0 Å². The van der Waals surface area contributed by atoms with Gasteiger partial charge in [0.05, 0.1) is 9.79 Å². The molecule has 1 N–H and O–H groups in total. The summed E-state index contributed by atoms with van der Waals surface area (Å²) in [5.41, 5.74) is 0. The van der Waals surface area contributed by atoms with Crippen LogP contribution in [0.25, 0.3) is 0 Å². The van der Waals surface area contributed by atoms with Crippen LogP contribution in [-0.4, -0.2) is 65.2 Å². The number of nitrogens with zero attached hydrogens (tertiary/aromatic N) is 2. The molecule has 0 unspecified atom stereocenters. The molecule has 1 heterocycles. The molecular formula is C16H27N3O4S2. The molecule has 0 radical (unpaired) electrons. The molecule has 142 valence electrons. The highest BCUT2D eigenvalue weighted by Crippen LogP contribution is 2.25. The van der Waals surface area contributed by atoms with Crippen LogP contribution in [0.1, 0.15) is 26.2 Å². The minimum absolute atomic E-state index is 0.0136. The van der Waals surface area contributed by atoms with Gasteiger partial charge in [-0.3, -0.25) is 0 Å². The molecule has 9 heteroatoms. The van der Waals surface area contributed by atoms with E-state index in [1.165, 1.54) is 42.7 Å². The lowest BCUT2D eigenvalue weighted by Gasteiger charge is -2.33. The van der Waals surface area contributed by atoms with Gasteiger partial charge in [-0.1, -0.05) is 13.0 Å². The van der Waals surface area contributed by atoms with Gasteiger partial charge in [0.25, 0.3) is 0 Å². The van der Waals surface area contributed by atoms with Crippen molar-refractivity contribution in [2.24, 2.45) is 0 Å². The number of piperidine rings is 1. The lowest BCUT2D eigenvalue weighted by molar-refractivity contribution is 0.262. The molecule has 1 aromatic carbocycles. The average Bonchev–Trinajstić information content (AvgIpc) is 2.60. The molecular weight excluding hydrogens is 362 g/mol. The number of rotatable bonds is 7. The van der Waals surface area contributed by atoms with E-state index in [0.29, 0.717) is 13.0 Å². The molecule has 25 heavy (non-hydrogen) atoms. The Balaban J connectivity index is 2.43. The highest BCUT2D eigenvalue weighted by molar-refractivity contribution is 7.90. The highest BCUT2D eigenvalue weighted by Gasteiger charge is 2.32. The summed E-state index contributed by atoms with van der Waals surface area (Å²) in [7, 11) is -4.58. The minimum Gasteiger partial charge on any atom is -0.317 e. The quantitative estimate of drug-likeness (QED) is 0.754. The van der Waals surface area contributed by atoms with E-state index in [2.05, 4.69) is 5.32 Å². The van der Waals surface area contributed by atoms with Crippen LogP contribution in [0.2, 0.25) is 0 Å². The number of benzene rings is 1. The monoisotopic (exact) mass is 389 g/mol. The van der Waals surface area contributed by atoms with E-state index in [4.69, 9.17) is 0 Å². The van der Waals surface area contributed by atoms with E-state index in [1.807, 2.05) is 6.92 Å². The van der Waals surface area contributed by atoms with E-state index in [0.717, 1.165) is 30.2 Å². The van der Waals surface area contributed by atoms with Gasteiger partial charge in [-0.25, -0.2) is 21.1 Å². The lowest BCUT2D eigenvalue weighted by Crippen LogP contribution is -2.46. The molecule has 1 aliphatic heterocycles. The summed E-state index contributed by atoms with van der Waals surface area (Å²) in [6.45, 7) is 3.94. The van der Waals surface area contributed by atoms with Crippen molar-refractivity contribution >= 4 is 20.0 Å². The van der Waals surface area contributed by atoms with Gasteiger partial charge < -0.3 is 5.32 Å². The van der Waals surface area contributed by atoms with Gasteiger partial charge in [0.15, 0.2) is 0 Å². The van der Waals surface area contributed by atoms with Crippen LogP contribution in [0.4, 0.5) is 0 Å². The molecule has 0 bridgehead atoms. The predicted molar refractivity (Wildman–Crippen MR) is 97.4 cm³/mol. The molecule has 0 spiro atoms. The number of hydrogen-bond acceptors (Lipinski definition) is 5. The van der Waals surface area contributed by atoms with Crippen molar-refractivity contribution in [3.8, 4) is 0 Å². The Morgan fingerprint density at radius 1 is 1.04 bits per heavy atom. The zero-order chi connectivity index (χ0) is 18.7. The van der Waals surface area contributed by atoms with Gasteiger partial charge in [0, 0.05) is 26.7 Å². The second kappa shape index (κ2) is 8.13. The summed E-state index contributed by atoms with van der Waals surface area (Å²) >= 11 is 0. The summed E-state index contributed by atoms with van der Waals surface area (Å²) in [6, 6.07) is 5.57. The Morgan fingerprint density at radius 2 is 1.60 bits per heavy atom. The summed E-state index contributed by atoms with van der Waals surface area (Å²) in [6.07, 6.45) is 2.22. The Bertz CT molecular complexity index is 785. The fourth-order valence-electron chi connectivity index (χ4n) is 2.96. The van der Waals surface area contributed by atoms with Gasteiger partial charge in [-0.15, -0.1) is 0 Å². The maximum Gasteiger partial charge on any atom is 0.243 e. The molecule has 1 saturated heterocycles. The molecule has 2 rings (SSSR count). The van der Waals surface area contributed by atoms with Gasteiger partial charge in [-0.05, 0) is 50.6 Å². The Labute approximate surface area is 151 Å².